The third-order valence-corrected chi connectivity index (χ3v) is 5.53. The van der Waals surface area contributed by atoms with Gasteiger partial charge in [0, 0.05) is 29.0 Å². The molecule has 0 atom stereocenters. The minimum absolute atomic E-state index is 0.0357. The van der Waals surface area contributed by atoms with E-state index in [-0.39, 0.29) is 16.0 Å². The molecule has 0 saturated heterocycles. The van der Waals surface area contributed by atoms with Crippen LogP contribution in [0.5, 0.6) is 0 Å². The minimum atomic E-state index is -0.391. The smallest absolute Gasteiger partial charge is 0.291 e. The van der Waals surface area contributed by atoms with Gasteiger partial charge in [0.05, 0.1) is 22.0 Å². The molecule has 1 aliphatic rings. The fourth-order valence-corrected chi connectivity index (χ4v) is 3.54. The number of nitro groups is 1. The van der Waals surface area contributed by atoms with E-state index in [0.717, 1.165) is 35.6 Å². The van der Waals surface area contributed by atoms with Crippen molar-refractivity contribution in [1.82, 2.24) is 15.0 Å². The van der Waals surface area contributed by atoms with Crippen molar-refractivity contribution in [3.05, 3.63) is 64.1 Å². The highest BCUT2D eigenvalue weighted by Crippen LogP contribution is 2.50. The van der Waals surface area contributed by atoms with Gasteiger partial charge in [0.2, 0.25) is 0 Å². The van der Waals surface area contributed by atoms with Crippen LogP contribution in [0.25, 0.3) is 22.6 Å². The molecule has 2 heterocycles. The van der Waals surface area contributed by atoms with Crippen LogP contribution in [0.15, 0.2) is 42.5 Å². The van der Waals surface area contributed by atoms with Crippen molar-refractivity contribution < 1.29 is 4.92 Å². The molecule has 0 radical (unpaired) electrons. The Morgan fingerprint density at radius 3 is 2.38 bits per heavy atom. The van der Waals surface area contributed by atoms with E-state index in [1.165, 1.54) is 0 Å². The monoisotopic (exact) mass is 391 g/mol. The molecule has 0 unspecified atom stereocenters. The SMILES string of the molecule is CC(C)(C)c1nc(-c2ccccc2)c(-c2ccc([N+](=O)[O-])c(C3(CN)CC3)n2)[nH]1. The van der Waals surface area contributed by atoms with Gasteiger partial charge in [0.15, 0.2) is 0 Å². The van der Waals surface area contributed by atoms with E-state index < -0.39 is 5.41 Å². The molecule has 0 bridgehead atoms. The topological polar surface area (TPSA) is 111 Å². The summed E-state index contributed by atoms with van der Waals surface area (Å²) in [6.45, 7) is 6.62. The molecule has 29 heavy (non-hydrogen) atoms. The van der Waals surface area contributed by atoms with Crippen LogP contribution >= 0.6 is 0 Å². The van der Waals surface area contributed by atoms with Gasteiger partial charge in [-0.1, -0.05) is 51.1 Å². The van der Waals surface area contributed by atoms with Gasteiger partial charge >= 0.3 is 0 Å². The normalized spacial score (nSPS) is 15.3. The average Bonchev–Trinajstić information content (AvgIpc) is 3.37. The van der Waals surface area contributed by atoms with Crippen molar-refractivity contribution in [3.8, 4) is 22.6 Å². The third kappa shape index (κ3) is 3.42. The Morgan fingerprint density at radius 1 is 1.14 bits per heavy atom. The molecule has 3 N–H and O–H groups in total. The second-order valence-electron chi connectivity index (χ2n) is 8.73. The van der Waals surface area contributed by atoms with Crippen LogP contribution < -0.4 is 5.73 Å². The highest BCUT2D eigenvalue weighted by Gasteiger charge is 2.48. The van der Waals surface area contributed by atoms with Gasteiger partial charge in [-0.25, -0.2) is 9.97 Å². The number of aromatic nitrogens is 3. The first kappa shape index (κ1) is 19.3. The van der Waals surface area contributed by atoms with Gasteiger partial charge in [-0.15, -0.1) is 0 Å². The fourth-order valence-electron chi connectivity index (χ4n) is 3.54. The van der Waals surface area contributed by atoms with Crippen molar-refractivity contribution >= 4 is 5.69 Å². The number of nitrogens with two attached hydrogens (primary N) is 1. The summed E-state index contributed by atoms with van der Waals surface area (Å²) in [5, 5.41) is 11.6. The number of imidazole rings is 1. The number of rotatable bonds is 5. The lowest BCUT2D eigenvalue weighted by Crippen LogP contribution is -2.22. The summed E-state index contributed by atoms with van der Waals surface area (Å²) >= 11 is 0. The number of benzene rings is 1. The quantitative estimate of drug-likeness (QED) is 0.496. The van der Waals surface area contributed by atoms with E-state index in [9.17, 15) is 10.1 Å². The minimum Gasteiger partial charge on any atom is -0.340 e. The number of nitrogens with zero attached hydrogens (tertiary/aromatic N) is 3. The Bertz CT molecular complexity index is 1060. The molecule has 0 amide bonds. The Kier molecular flexibility index (Phi) is 4.50. The second kappa shape index (κ2) is 6.77. The number of pyridine rings is 1. The van der Waals surface area contributed by atoms with Crippen LogP contribution in [0, 0.1) is 10.1 Å². The van der Waals surface area contributed by atoms with Crippen molar-refractivity contribution in [2.24, 2.45) is 5.73 Å². The highest BCUT2D eigenvalue weighted by molar-refractivity contribution is 5.77. The molecule has 7 nitrogen and oxygen atoms in total. The molecule has 1 aliphatic carbocycles. The third-order valence-electron chi connectivity index (χ3n) is 5.53. The van der Waals surface area contributed by atoms with Crippen molar-refractivity contribution in [2.45, 2.75) is 44.4 Å². The van der Waals surface area contributed by atoms with Gasteiger partial charge < -0.3 is 10.7 Å². The summed E-state index contributed by atoms with van der Waals surface area (Å²) in [6.07, 6.45) is 1.64. The van der Waals surface area contributed by atoms with Gasteiger partial charge in [-0.05, 0) is 18.9 Å². The standard InChI is InChI=1S/C22H25N5O2/c1-21(2,3)20-25-17(14-7-5-4-6-8-14)18(26-20)15-9-10-16(27(28)29)19(24-15)22(13-23)11-12-22/h4-10H,11-13,23H2,1-3H3,(H,25,26). The molecule has 1 fully saturated rings. The molecule has 1 aromatic carbocycles. The molecular formula is C22H25N5O2. The summed E-state index contributed by atoms with van der Waals surface area (Å²) in [4.78, 5) is 24.3. The lowest BCUT2D eigenvalue weighted by molar-refractivity contribution is -0.386. The zero-order valence-electron chi connectivity index (χ0n) is 16.9. The molecule has 2 aromatic heterocycles. The van der Waals surface area contributed by atoms with Crippen molar-refractivity contribution in [1.29, 1.82) is 0 Å². The maximum absolute atomic E-state index is 11.6. The van der Waals surface area contributed by atoms with Crippen LogP contribution in [0.4, 0.5) is 5.69 Å². The van der Waals surface area contributed by atoms with E-state index in [0.29, 0.717) is 17.9 Å². The summed E-state index contributed by atoms with van der Waals surface area (Å²) < 4.78 is 0. The molecule has 0 spiro atoms. The average molecular weight is 391 g/mol. The van der Waals surface area contributed by atoms with E-state index >= 15 is 0 Å². The largest absolute Gasteiger partial charge is 0.340 e. The molecule has 1 saturated carbocycles. The van der Waals surface area contributed by atoms with Gasteiger partial charge in [0.25, 0.3) is 5.69 Å². The molecule has 0 aliphatic heterocycles. The van der Waals surface area contributed by atoms with E-state index in [1.54, 1.807) is 12.1 Å². The van der Waals surface area contributed by atoms with Gasteiger partial charge in [-0.2, -0.15) is 0 Å². The van der Waals surface area contributed by atoms with Gasteiger partial charge in [0.1, 0.15) is 11.5 Å². The number of hydrogen-bond donors (Lipinski definition) is 2. The molecule has 7 heteroatoms. The van der Waals surface area contributed by atoms with Crippen LogP contribution in [0.1, 0.15) is 45.1 Å². The molecule has 3 aromatic rings. The molecule has 4 rings (SSSR count). The molecule has 150 valence electrons. The van der Waals surface area contributed by atoms with E-state index in [2.05, 4.69) is 25.8 Å². The Balaban J connectivity index is 1.92. The lowest BCUT2D eigenvalue weighted by atomic mass is 9.96. The lowest BCUT2D eigenvalue weighted by Gasteiger charge is -2.14. The van der Waals surface area contributed by atoms with E-state index in [4.69, 9.17) is 15.7 Å². The predicted molar refractivity (Wildman–Crippen MR) is 113 cm³/mol. The number of H-pyrrole nitrogens is 1. The van der Waals surface area contributed by atoms with Crippen LogP contribution in [-0.4, -0.2) is 26.4 Å². The highest BCUT2D eigenvalue weighted by atomic mass is 16.6. The Morgan fingerprint density at radius 2 is 1.83 bits per heavy atom. The first-order valence-electron chi connectivity index (χ1n) is 9.77. The van der Waals surface area contributed by atoms with Crippen LogP contribution in [0.3, 0.4) is 0 Å². The summed E-state index contributed by atoms with van der Waals surface area (Å²) in [5.41, 5.74) is 9.08. The first-order valence-corrected chi connectivity index (χ1v) is 9.77. The number of nitrogens with one attached hydrogen (secondary N) is 1. The Labute approximate surface area is 169 Å². The van der Waals surface area contributed by atoms with Crippen LogP contribution in [0.2, 0.25) is 0 Å². The maximum atomic E-state index is 11.6. The van der Waals surface area contributed by atoms with Crippen LogP contribution in [-0.2, 0) is 10.8 Å². The first-order chi connectivity index (χ1) is 13.7. The fraction of sp³-hybridized carbons (Fsp3) is 0.364. The number of aromatic amines is 1. The zero-order chi connectivity index (χ0) is 20.8. The van der Waals surface area contributed by atoms with Gasteiger partial charge in [-0.3, -0.25) is 10.1 Å². The number of hydrogen-bond acceptors (Lipinski definition) is 5. The predicted octanol–water partition coefficient (Wildman–Crippen LogP) is 4.33. The van der Waals surface area contributed by atoms with Crippen molar-refractivity contribution in [3.63, 3.8) is 0 Å². The summed E-state index contributed by atoms with van der Waals surface area (Å²) in [6, 6.07) is 13.1. The Hall–Kier alpha value is -3.06. The van der Waals surface area contributed by atoms with E-state index in [1.807, 2.05) is 30.3 Å². The summed E-state index contributed by atoms with van der Waals surface area (Å²) in [7, 11) is 0. The molecular weight excluding hydrogens is 366 g/mol. The maximum Gasteiger partial charge on any atom is 0.291 e. The summed E-state index contributed by atoms with van der Waals surface area (Å²) in [5.74, 6) is 0.841. The zero-order valence-corrected chi connectivity index (χ0v) is 16.9. The second-order valence-corrected chi connectivity index (χ2v) is 8.73. The van der Waals surface area contributed by atoms with Crippen molar-refractivity contribution in [2.75, 3.05) is 6.54 Å².